The first-order valence-electron chi connectivity index (χ1n) is 9.14. The Morgan fingerprint density at radius 1 is 0.893 bits per heavy atom. The van der Waals surface area contributed by atoms with Gasteiger partial charge in [-0.3, -0.25) is 4.79 Å². The van der Waals surface area contributed by atoms with Gasteiger partial charge in [0.2, 0.25) is 0 Å². The van der Waals surface area contributed by atoms with Gasteiger partial charge < -0.3 is 10.1 Å². The van der Waals surface area contributed by atoms with Gasteiger partial charge in [-0.15, -0.1) is 0 Å². The first-order valence-corrected chi connectivity index (χ1v) is 9.14. The van der Waals surface area contributed by atoms with Crippen molar-refractivity contribution in [3.05, 3.63) is 90.6 Å². The quantitative estimate of drug-likeness (QED) is 0.525. The number of nitrogens with one attached hydrogen (secondary N) is 1. The highest BCUT2D eigenvalue weighted by Crippen LogP contribution is 2.28. The molecule has 138 valence electrons. The summed E-state index contributed by atoms with van der Waals surface area (Å²) in [4.78, 5) is 17.1. The molecule has 0 atom stereocenters. The molecule has 1 N–H and O–H groups in total. The van der Waals surface area contributed by atoms with E-state index in [1.807, 2.05) is 91.9 Å². The minimum Gasteiger partial charge on any atom is -0.481 e. The Hall–Kier alpha value is -3.66. The van der Waals surface area contributed by atoms with Gasteiger partial charge in [-0.2, -0.15) is 0 Å². The molecule has 0 spiro atoms. The summed E-state index contributed by atoms with van der Waals surface area (Å²) in [6.07, 6.45) is 0. The van der Waals surface area contributed by atoms with Gasteiger partial charge in [-0.05, 0) is 30.7 Å². The van der Waals surface area contributed by atoms with Gasteiger partial charge in [0.05, 0.1) is 0 Å². The zero-order valence-corrected chi connectivity index (χ0v) is 15.6. The summed E-state index contributed by atoms with van der Waals surface area (Å²) in [5, 5.41) is 3.94. The predicted octanol–water partition coefficient (Wildman–Crippen LogP) is 5.23. The molecule has 0 fully saturated rings. The fourth-order valence-corrected chi connectivity index (χ4v) is 3.13. The number of carbonyl (C=O) groups is 1. The number of rotatable bonds is 5. The highest BCUT2D eigenvalue weighted by Gasteiger charge is 2.10. The number of hydrogen-bond donors (Lipinski definition) is 1. The van der Waals surface area contributed by atoms with Crippen molar-refractivity contribution in [1.29, 1.82) is 0 Å². The lowest BCUT2D eigenvalue weighted by molar-refractivity contribution is -0.118. The van der Waals surface area contributed by atoms with Crippen LogP contribution >= 0.6 is 0 Å². The van der Waals surface area contributed by atoms with Crippen LogP contribution in [0.15, 0.2) is 84.9 Å². The molecule has 0 saturated carbocycles. The molecule has 0 radical (unpaired) electrons. The molecule has 28 heavy (non-hydrogen) atoms. The Labute approximate surface area is 163 Å². The van der Waals surface area contributed by atoms with Crippen LogP contribution in [0.4, 0.5) is 5.69 Å². The average molecular weight is 368 g/mol. The Balaban J connectivity index is 1.50. The van der Waals surface area contributed by atoms with Gasteiger partial charge in [-0.1, -0.05) is 66.7 Å². The number of aryl methyl sites for hydroxylation is 1. The van der Waals surface area contributed by atoms with Gasteiger partial charge in [0.1, 0.15) is 11.3 Å². The Morgan fingerprint density at radius 2 is 1.68 bits per heavy atom. The van der Waals surface area contributed by atoms with E-state index in [1.165, 1.54) is 0 Å². The van der Waals surface area contributed by atoms with Gasteiger partial charge in [0, 0.05) is 22.3 Å². The maximum Gasteiger partial charge on any atom is 0.262 e. The molecular weight excluding hydrogens is 348 g/mol. The first kappa shape index (κ1) is 17.7. The van der Waals surface area contributed by atoms with Crippen LogP contribution in [-0.4, -0.2) is 17.5 Å². The third-order valence-electron chi connectivity index (χ3n) is 4.47. The molecule has 4 rings (SSSR count). The van der Waals surface area contributed by atoms with Crippen LogP contribution < -0.4 is 10.1 Å². The van der Waals surface area contributed by atoms with Crippen LogP contribution in [0.25, 0.3) is 22.0 Å². The number of fused-ring (bicyclic) bond motifs is 1. The number of pyridine rings is 1. The maximum atomic E-state index is 12.5. The van der Waals surface area contributed by atoms with E-state index < -0.39 is 0 Å². The standard InChI is InChI=1S/C24H20N2O2/c1-17-14-15-19-10-7-13-22(24(19)25-17)28-16-23(27)26-21-12-6-5-11-20(21)18-8-3-2-4-9-18/h2-15H,16H2,1H3,(H,26,27). The topological polar surface area (TPSA) is 51.2 Å². The summed E-state index contributed by atoms with van der Waals surface area (Å²) in [6, 6.07) is 27.4. The van der Waals surface area contributed by atoms with Crippen LogP contribution in [0.5, 0.6) is 5.75 Å². The third kappa shape index (κ3) is 3.86. The Kier molecular flexibility index (Phi) is 5.02. The lowest BCUT2D eigenvalue weighted by Gasteiger charge is -2.12. The summed E-state index contributed by atoms with van der Waals surface area (Å²) in [7, 11) is 0. The summed E-state index contributed by atoms with van der Waals surface area (Å²) < 4.78 is 5.78. The zero-order chi connectivity index (χ0) is 19.3. The van der Waals surface area contributed by atoms with Crippen molar-refractivity contribution in [1.82, 2.24) is 4.98 Å². The number of ether oxygens (including phenoxy) is 1. The van der Waals surface area contributed by atoms with E-state index in [1.54, 1.807) is 0 Å². The van der Waals surface area contributed by atoms with E-state index in [2.05, 4.69) is 10.3 Å². The number of carbonyl (C=O) groups excluding carboxylic acids is 1. The van der Waals surface area contributed by atoms with E-state index in [0.29, 0.717) is 5.75 Å². The smallest absolute Gasteiger partial charge is 0.262 e. The maximum absolute atomic E-state index is 12.5. The molecule has 0 unspecified atom stereocenters. The van der Waals surface area contributed by atoms with Crippen molar-refractivity contribution in [2.24, 2.45) is 0 Å². The van der Waals surface area contributed by atoms with E-state index in [4.69, 9.17) is 4.74 Å². The molecule has 4 nitrogen and oxygen atoms in total. The number of nitrogens with zero attached hydrogens (tertiary/aromatic N) is 1. The number of anilines is 1. The SMILES string of the molecule is Cc1ccc2cccc(OCC(=O)Nc3ccccc3-c3ccccc3)c2n1. The van der Waals surface area contributed by atoms with Crippen molar-refractivity contribution in [2.75, 3.05) is 11.9 Å². The fourth-order valence-electron chi connectivity index (χ4n) is 3.13. The van der Waals surface area contributed by atoms with Crippen LogP contribution in [-0.2, 0) is 4.79 Å². The normalized spacial score (nSPS) is 10.6. The molecule has 1 heterocycles. The van der Waals surface area contributed by atoms with Gasteiger partial charge >= 0.3 is 0 Å². The second kappa shape index (κ2) is 7.92. The zero-order valence-electron chi connectivity index (χ0n) is 15.6. The van der Waals surface area contributed by atoms with E-state index in [-0.39, 0.29) is 12.5 Å². The van der Waals surface area contributed by atoms with E-state index >= 15 is 0 Å². The molecule has 0 aliphatic carbocycles. The molecular formula is C24H20N2O2. The molecule has 4 heteroatoms. The number of amides is 1. The Morgan fingerprint density at radius 3 is 2.54 bits per heavy atom. The first-order chi connectivity index (χ1) is 13.7. The second-order valence-corrected chi connectivity index (χ2v) is 6.53. The summed E-state index contributed by atoms with van der Waals surface area (Å²) in [6.45, 7) is 1.85. The largest absolute Gasteiger partial charge is 0.481 e. The summed E-state index contributed by atoms with van der Waals surface area (Å²) in [5.41, 5.74) is 4.45. The van der Waals surface area contributed by atoms with E-state index in [0.717, 1.165) is 33.4 Å². The number of benzene rings is 3. The highest BCUT2D eigenvalue weighted by molar-refractivity contribution is 5.96. The predicted molar refractivity (Wildman–Crippen MR) is 112 cm³/mol. The minimum absolute atomic E-state index is 0.0855. The van der Waals surface area contributed by atoms with Crippen molar-refractivity contribution in [3.63, 3.8) is 0 Å². The monoisotopic (exact) mass is 368 g/mol. The van der Waals surface area contributed by atoms with Gasteiger partial charge in [0.25, 0.3) is 5.91 Å². The van der Waals surface area contributed by atoms with Gasteiger partial charge in [0.15, 0.2) is 6.61 Å². The molecule has 3 aromatic carbocycles. The van der Waals surface area contributed by atoms with E-state index in [9.17, 15) is 4.79 Å². The average Bonchev–Trinajstić information content (AvgIpc) is 2.73. The van der Waals surface area contributed by atoms with Crippen LogP contribution in [0.1, 0.15) is 5.69 Å². The summed E-state index contributed by atoms with van der Waals surface area (Å²) >= 11 is 0. The highest BCUT2D eigenvalue weighted by atomic mass is 16.5. The fraction of sp³-hybridized carbons (Fsp3) is 0.0833. The van der Waals surface area contributed by atoms with Crippen LogP contribution in [0, 0.1) is 6.92 Å². The second-order valence-electron chi connectivity index (χ2n) is 6.53. The third-order valence-corrected chi connectivity index (χ3v) is 4.47. The molecule has 0 aliphatic heterocycles. The molecule has 1 aromatic heterocycles. The molecule has 0 saturated heterocycles. The van der Waals surface area contributed by atoms with Gasteiger partial charge in [-0.25, -0.2) is 4.98 Å². The molecule has 4 aromatic rings. The molecule has 1 amide bonds. The number of hydrogen-bond acceptors (Lipinski definition) is 3. The van der Waals surface area contributed by atoms with Crippen LogP contribution in [0.2, 0.25) is 0 Å². The number of aromatic nitrogens is 1. The van der Waals surface area contributed by atoms with Crippen molar-refractivity contribution >= 4 is 22.5 Å². The van der Waals surface area contributed by atoms with Crippen molar-refractivity contribution < 1.29 is 9.53 Å². The molecule has 0 aliphatic rings. The lowest BCUT2D eigenvalue weighted by atomic mass is 10.0. The summed E-state index contributed by atoms with van der Waals surface area (Å²) in [5.74, 6) is 0.390. The Bertz CT molecular complexity index is 1120. The molecule has 0 bridgehead atoms. The lowest BCUT2D eigenvalue weighted by Crippen LogP contribution is -2.20. The van der Waals surface area contributed by atoms with Crippen molar-refractivity contribution in [2.45, 2.75) is 6.92 Å². The number of para-hydroxylation sites is 2. The van der Waals surface area contributed by atoms with Crippen LogP contribution in [0.3, 0.4) is 0 Å². The van der Waals surface area contributed by atoms with Crippen molar-refractivity contribution in [3.8, 4) is 16.9 Å². The minimum atomic E-state index is -0.215.